The van der Waals surface area contributed by atoms with Crippen LogP contribution in [0.25, 0.3) is 10.3 Å². The molecule has 0 saturated carbocycles. The first-order chi connectivity index (χ1) is 9.63. The van der Waals surface area contributed by atoms with E-state index in [-0.39, 0.29) is 0 Å². The zero-order chi connectivity index (χ0) is 14.1. The van der Waals surface area contributed by atoms with Crippen LogP contribution in [0.15, 0.2) is 12.4 Å². The molecule has 3 aromatic rings. The van der Waals surface area contributed by atoms with Gasteiger partial charge in [-0.05, 0) is 13.3 Å². The zero-order valence-corrected chi connectivity index (χ0v) is 12.9. The van der Waals surface area contributed by atoms with Gasteiger partial charge in [-0.15, -0.1) is 0 Å². The molecule has 3 aromatic heterocycles. The van der Waals surface area contributed by atoms with Crippen molar-refractivity contribution < 1.29 is 0 Å². The lowest BCUT2D eigenvalue weighted by atomic mass is 10.4. The summed E-state index contributed by atoms with van der Waals surface area (Å²) in [6.45, 7) is 3.70. The third-order valence-electron chi connectivity index (χ3n) is 2.99. The normalized spacial score (nSPS) is 11.3. The summed E-state index contributed by atoms with van der Waals surface area (Å²) < 4.78 is 4.81. The number of hydrogen-bond acceptors (Lipinski definition) is 5. The first-order valence-corrected chi connectivity index (χ1v) is 7.55. The molecule has 0 atom stereocenters. The average molecular weight is 311 g/mol. The summed E-state index contributed by atoms with van der Waals surface area (Å²) in [7, 11) is 1.92. The molecule has 106 valence electrons. The van der Waals surface area contributed by atoms with Crippen molar-refractivity contribution in [2.75, 3.05) is 11.9 Å². The molecule has 0 aliphatic rings. The average Bonchev–Trinajstić information content (AvgIpc) is 3.06. The van der Waals surface area contributed by atoms with Crippen LogP contribution in [0.4, 0.5) is 5.13 Å². The lowest BCUT2D eigenvalue weighted by Crippen LogP contribution is -2.06. The Morgan fingerprint density at radius 1 is 1.45 bits per heavy atom. The van der Waals surface area contributed by atoms with Gasteiger partial charge in [0.25, 0.3) is 0 Å². The monoisotopic (exact) mass is 310 g/mol. The van der Waals surface area contributed by atoms with E-state index in [1.54, 1.807) is 17.5 Å². The second-order valence-corrected chi connectivity index (χ2v) is 6.02. The first kappa shape index (κ1) is 13.4. The van der Waals surface area contributed by atoms with Crippen LogP contribution in [0, 0.1) is 6.92 Å². The van der Waals surface area contributed by atoms with Gasteiger partial charge in [-0.3, -0.25) is 4.68 Å². The summed E-state index contributed by atoms with van der Waals surface area (Å²) in [4.78, 5) is 4.55. The van der Waals surface area contributed by atoms with Crippen molar-refractivity contribution in [2.24, 2.45) is 7.05 Å². The van der Waals surface area contributed by atoms with Crippen LogP contribution in [-0.2, 0) is 13.6 Å². The van der Waals surface area contributed by atoms with Crippen molar-refractivity contribution in [2.45, 2.75) is 19.9 Å². The van der Waals surface area contributed by atoms with Gasteiger partial charge in [-0.1, -0.05) is 22.9 Å². The zero-order valence-electron chi connectivity index (χ0n) is 11.3. The highest BCUT2D eigenvalue weighted by Crippen LogP contribution is 2.27. The summed E-state index contributed by atoms with van der Waals surface area (Å²) in [6, 6.07) is 0. The van der Waals surface area contributed by atoms with Crippen molar-refractivity contribution in [1.82, 2.24) is 24.5 Å². The van der Waals surface area contributed by atoms with Crippen molar-refractivity contribution in [3.05, 3.63) is 23.1 Å². The molecule has 3 rings (SSSR count). The van der Waals surface area contributed by atoms with Crippen molar-refractivity contribution >= 4 is 38.4 Å². The van der Waals surface area contributed by atoms with Gasteiger partial charge in [0.15, 0.2) is 10.8 Å². The fourth-order valence-corrected chi connectivity index (χ4v) is 3.17. The molecule has 0 bridgehead atoms. The second kappa shape index (κ2) is 5.41. The van der Waals surface area contributed by atoms with E-state index in [0.717, 1.165) is 40.7 Å². The Hall–Kier alpha value is -1.60. The topological polar surface area (TPSA) is 60.6 Å². The van der Waals surface area contributed by atoms with E-state index < -0.39 is 0 Å². The van der Waals surface area contributed by atoms with Crippen LogP contribution in [-0.4, -0.2) is 31.1 Å². The lowest BCUT2D eigenvalue weighted by molar-refractivity contribution is 0.592. The van der Waals surface area contributed by atoms with Gasteiger partial charge in [0, 0.05) is 26.3 Å². The minimum atomic E-state index is 0.673. The third-order valence-corrected chi connectivity index (χ3v) is 4.29. The van der Waals surface area contributed by atoms with E-state index in [1.165, 1.54) is 0 Å². The molecule has 8 heteroatoms. The number of anilines is 1. The van der Waals surface area contributed by atoms with Gasteiger partial charge < -0.3 is 5.32 Å². The highest BCUT2D eigenvalue weighted by molar-refractivity contribution is 7.22. The van der Waals surface area contributed by atoms with Gasteiger partial charge in [0.05, 0.1) is 21.6 Å². The fourth-order valence-electron chi connectivity index (χ4n) is 2.06. The molecular weight excluding hydrogens is 296 g/mol. The molecule has 0 aliphatic carbocycles. The van der Waals surface area contributed by atoms with Gasteiger partial charge in [0.1, 0.15) is 0 Å². The predicted molar refractivity (Wildman–Crippen MR) is 81.5 cm³/mol. The number of halogens is 1. The maximum atomic E-state index is 5.82. The number of nitrogens with zero attached hydrogens (tertiary/aromatic N) is 5. The van der Waals surface area contributed by atoms with Crippen LogP contribution in [0.2, 0.25) is 5.02 Å². The molecule has 6 nitrogen and oxygen atoms in total. The summed E-state index contributed by atoms with van der Waals surface area (Å²) in [5.74, 6) is 0. The molecule has 0 fully saturated rings. The van der Waals surface area contributed by atoms with E-state index in [9.17, 15) is 0 Å². The quantitative estimate of drug-likeness (QED) is 0.736. The van der Waals surface area contributed by atoms with Crippen LogP contribution in [0.5, 0.6) is 0 Å². The molecule has 1 N–H and O–H groups in total. The number of aryl methyl sites for hydroxylation is 3. The van der Waals surface area contributed by atoms with Crippen molar-refractivity contribution in [3.8, 4) is 0 Å². The molecule has 0 aromatic carbocycles. The Balaban J connectivity index is 1.56. The first-order valence-electron chi connectivity index (χ1n) is 6.35. The van der Waals surface area contributed by atoms with E-state index in [2.05, 4.69) is 20.5 Å². The molecule has 0 amide bonds. The van der Waals surface area contributed by atoms with E-state index in [0.29, 0.717) is 5.02 Å². The predicted octanol–water partition coefficient (Wildman–Crippen LogP) is 2.69. The number of aromatic nitrogens is 5. The molecule has 0 radical (unpaired) electrons. The maximum absolute atomic E-state index is 5.82. The van der Waals surface area contributed by atoms with Crippen molar-refractivity contribution in [1.29, 1.82) is 0 Å². The minimum absolute atomic E-state index is 0.673. The number of rotatable bonds is 5. The maximum Gasteiger partial charge on any atom is 0.185 e. The number of nitrogens with one attached hydrogen (secondary N) is 1. The van der Waals surface area contributed by atoms with Crippen molar-refractivity contribution in [3.63, 3.8) is 0 Å². The van der Waals surface area contributed by atoms with Crippen LogP contribution < -0.4 is 5.32 Å². The highest BCUT2D eigenvalue weighted by atomic mass is 35.5. The standard InChI is InChI=1S/C12H15ClN6S/c1-8-10-11(18(2)17-8)16-12(20-10)14-4-3-5-19-7-9(13)6-15-19/h6-7H,3-5H2,1-2H3,(H,14,16). The van der Waals surface area contributed by atoms with Gasteiger partial charge in [-0.2, -0.15) is 10.2 Å². The molecule has 0 aliphatic heterocycles. The van der Waals surface area contributed by atoms with Crippen LogP contribution in [0.3, 0.4) is 0 Å². The molecular formula is C12H15ClN6S. The Labute approximate surface area is 125 Å². The van der Waals surface area contributed by atoms with Gasteiger partial charge in [-0.25, -0.2) is 9.67 Å². The van der Waals surface area contributed by atoms with E-state index in [4.69, 9.17) is 11.6 Å². The fraction of sp³-hybridized carbons (Fsp3) is 0.417. The highest BCUT2D eigenvalue weighted by Gasteiger charge is 2.11. The second-order valence-electron chi connectivity index (χ2n) is 4.58. The summed E-state index contributed by atoms with van der Waals surface area (Å²) in [5.41, 5.74) is 1.97. The third kappa shape index (κ3) is 2.64. The number of thiazole rings is 1. The van der Waals surface area contributed by atoms with Crippen LogP contribution >= 0.6 is 22.9 Å². The smallest absolute Gasteiger partial charge is 0.185 e. The summed E-state index contributed by atoms with van der Waals surface area (Å²) >= 11 is 7.46. The molecule has 3 heterocycles. The minimum Gasteiger partial charge on any atom is -0.361 e. The molecule has 0 spiro atoms. The largest absolute Gasteiger partial charge is 0.361 e. The number of fused-ring (bicyclic) bond motifs is 1. The molecule has 0 saturated heterocycles. The van der Waals surface area contributed by atoms with E-state index >= 15 is 0 Å². The van der Waals surface area contributed by atoms with Gasteiger partial charge in [0.2, 0.25) is 0 Å². The Morgan fingerprint density at radius 3 is 3.00 bits per heavy atom. The Bertz CT molecular complexity index is 693. The number of hydrogen-bond donors (Lipinski definition) is 1. The Kier molecular flexibility index (Phi) is 3.62. The molecule has 20 heavy (non-hydrogen) atoms. The van der Waals surface area contributed by atoms with Crippen LogP contribution in [0.1, 0.15) is 12.1 Å². The Morgan fingerprint density at radius 2 is 2.30 bits per heavy atom. The summed E-state index contributed by atoms with van der Waals surface area (Å²) in [5, 5.41) is 13.4. The summed E-state index contributed by atoms with van der Waals surface area (Å²) in [6.07, 6.45) is 4.44. The van der Waals surface area contributed by atoms with E-state index in [1.807, 2.05) is 29.5 Å². The molecule has 0 unspecified atom stereocenters. The SMILES string of the molecule is Cc1nn(C)c2nc(NCCCn3cc(Cl)cn3)sc12. The lowest BCUT2D eigenvalue weighted by Gasteiger charge is -2.02. The van der Waals surface area contributed by atoms with Gasteiger partial charge >= 0.3 is 0 Å².